The maximum Gasteiger partial charge on any atom is 0.323 e. The van der Waals surface area contributed by atoms with Crippen molar-refractivity contribution in [3.05, 3.63) is 107 Å². The fourth-order valence-electron chi connectivity index (χ4n) is 6.67. The molecule has 2 N–H and O–H groups in total. The van der Waals surface area contributed by atoms with Crippen LogP contribution >= 0.6 is 0 Å². The number of carbonyl (C=O) groups excluding carboxylic acids is 2. The number of amides is 2. The Morgan fingerprint density at radius 3 is 2.20 bits per heavy atom. The van der Waals surface area contributed by atoms with E-state index < -0.39 is 6.03 Å². The van der Waals surface area contributed by atoms with E-state index in [1.54, 1.807) is 20.4 Å². The van der Waals surface area contributed by atoms with E-state index in [0.29, 0.717) is 58.5 Å². The monoisotopic (exact) mass is 746 g/mol. The van der Waals surface area contributed by atoms with Crippen molar-refractivity contribution in [1.82, 2.24) is 9.88 Å². The number of rotatable bonds is 14. The summed E-state index contributed by atoms with van der Waals surface area (Å²) < 4.78 is 28.5. The number of ether oxygens (including phenoxy) is 5. The predicted octanol–water partition coefficient (Wildman–Crippen LogP) is 8.88. The number of pyridine rings is 1. The van der Waals surface area contributed by atoms with E-state index in [2.05, 4.69) is 41.3 Å². The summed E-state index contributed by atoms with van der Waals surface area (Å²) in [5.41, 5.74) is 3.91. The summed E-state index contributed by atoms with van der Waals surface area (Å²) in [4.78, 5) is 34.2. The first-order valence-electron chi connectivity index (χ1n) is 18.5. The molecule has 2 heterocycles. The van der Waals surface area contributed by atoms with Gasteiger partial charge >= 0.3 is 6.03 Å². The van der Waals surface area contributed by atoms with Gasteiger partial charge in [0.15, 0.2) is 11.5 Å². The van der Waals surface area contributed by atoms with Crippen LogP contribution in [-0.4, -0.2) is 75.9 Å². The standard InChI is InChI=1S/C44H50N4O7/c1-44(2,3)30-25-37(40(49)12-9-17-48-18-20-54-21-19-48)42(53-6)39(26-30)47-43(50)46-38-13-14-41(36-11-8-7-10-35(36)38)55-32-15-16-45-31(27-32)22-29-23-33(51-4)28-34(24-29)52-5/h7-8,10-11,13-16,23-28H,9,12,17-22H2,1-6H3,(H2,46,47,50). The average Bonchev–Trinajstić information content (AvgIpc) is 3.18. The molecule has 1 aromatic heterocycles. The van der Waals surface area contributed by atoms with Crippen molar-refractivity contribution >= 4 is 34.0 Å². The summed E-state index contributed by atoms with van der Waals surface area (Å²) in [6.07, 6.45) is 3.36. The Hall–Kier alpha value is -5.65. The lowest BCUT2D eigenvalue weighted by Gasteiger charge is -2.26. The first-order valence-corrected chi connectivity index (χ1v) is 18.5. The van der Waals surface area contributed by atoms with Crippen molar-refractivity contribution in [3.63, 3.8) is 0 Å². The molecule has 6 rings (SSSR count). The van der Waals surface area contributed by atoms with Gasteiger partial charge in [0.05, 0.1) is 51.5 Å². The van der Waals surface area contributed by atoms with Crippen LogP contribution in [0.2, 0.25) is 0 Å². The van der Waals surface area contributed by atoms with Gasteiger partial charge in [-0.3, -0.25) is 14.7 Å². The van der Waals surface area contributed by atoms with Crippen LogP contribution < -0.4 is 29.6 Å². The summed E-state index contributed by atoms with van der Waals surface area (Å²) in [6, 6.07) is 24.1. The van der Waals surface area contributed by atoms with E-state index in [4.69, 9.17) is 23.7 Å². The zero-order chi connectivity index (χ0) is 39.0. The maximum atomic E-state index is 13.7. The lowest BCUT2D eigenvalue weighted by molar-refractivity contribution is 0.0371. The number of ketones is 1. The summed E-state index contributed by atoms with van der Waals surface area (Å²) in [5, 5.41) is 7.60. The summed E-state index contributed by atoms with van der Waals surface area (Å²) in [7, 11) is 4.77. The van der Waals surface area contributed by atoms with E-state index >= 15 is 0 Å². The van der Waals surface area contributed by atoms with Crippen LogP contribution in [0.3, 0.4) is 0 Å². The minimum Gasteiger partial charge on any atom is -0.497 e. The third-order valence-electron chi connectivity index (χ3n) is 9.63. The largest absolute Gasteiger partial charge is 0.497 e. The molecule has 0 radical (unpaired) electrons. The number of nitrogens with zero attached hydrogens (tertiary/aromatic N) is 2. The highest BCUT2D eigenvalue weighted by atomic mass is 16.5. The van der Waals surface area contributed by atoms with Crippen LogP contribution in [-0.2, 0) is 16.6 Å². The van der Waals surface area contributed by atoms with Crippen LogP contribution in [0, 0.1) is 0 Å². The van der Waals surface area contributed by atoms with Gasteiger partial charge in [0.1, 0.15) is 23.0 Å². The van der Waals surface area contributed by atoms with Gasteiger partial charge in [0, 0.05) is 60.7 Å². The molecule has 0 aliphatic carbocycles. The zero-order valence-electron chi connectivity index (χ0n) is 32.5. The Kier molecular flexibility index (Phi) is 12.5. The minimum absolute atomic E-state index is 0.0249. The molecule has 1 aliphatic heterocycles. The van der Waals surface area contributed by atoms with Crippen molar-refractivity contribution in [1.29, 1.82) is 0 Å². The molecule has 0 atom stereocenters. The third-order valence-corrected chi connectivity index (χ3v) is 9.63. The number of hydrogen-bond acceptors (Lipinski definition) is 9. The third kappa shape index (κ3) is 9.92. The number of morpholine rings is 1. The molecule has 4 aromatic carbocycles. The minimum atomic E-state index is -0.471. The Bertz CT molecular complexity index is 2120. The SMILES string of the molecule is COc1cc(Cc2cc(Oc3ccc(NC(=O)Nc4cc(C(C)(C)C)cc(C(=O)CCCN5CCOCC5)c4OC)c4ccccc34)ccn2)cc(OC)c1. The van der Waals surface area contributed by atoms with Crippen molar-refractivity contribution in [2.45, 2.75) is 45.4 Å². The van der Waals surface area contributed by atoms with Gasteiger partial charge in [-0.05, 0) is 72.0 Å². The Balaban J connectivity index is 1.19. The van der Waals surface area contributed by atoms with E-state index in [1.165, 1.54) is 7.11 Å². The molecule has 0 spiro atoms. The molecule has 11 nitrogen and oxygen atoms in total. The highest BCUT2D eigenvalue weighted by molar-refractivity contribution is 6.09. The van der Waals surface area contributed by atoms with Crippen LogP contribution in [0.15, 0.2) is 85.1 Å². The fourth-order valence-corrected chi connectivity index (χ4v) is 6.67. The number of nitrogens with one attached hydrogen (secondary N) is 2. The molecule has 0 unspecified atom stereocenters. The lowest BCUT2D eigenvalue weighted by Crippen LogP contribution is -2.36. The van der Waals surface area contributed by atoms with E-state index in [9.17, 15) is 9.59 Å². The summed E-state index contributed by atoms with van der Waals surface area (Å²) >= 11 is 0. The molecule has 1 aliphatic rings. The molecular weight excluding hydrogens is 697 g/mol. The van der Waals surface area contributed by atoms with E-state index in [-0.39, 0.29) is 11.2 Å². The van der Waals surface area contributed by atoms with E-state index in [0.717, 1.165) is 66.9 Å². The van der Waals surface area contributed by atoms with Gasteiger partial charge in [-0.25, -0.2) is 4.79 Å². The molecule has 11 heteroatoms. The van der Waals surface area contributed by atoms with Crippen LogP contribution in [0.1, 0.15) is 60.8 Å². The fraction of sp³-hybridized carbons (Fsp3) is 0.341. The Labute approximate surface area is 322 Å². The number of aromatic nitrogens is 1. The second-order valence-electron chi connectivity index (χ2n) is 14.6. The number of benzene rings is 4. The molecule has 288 valence electrons. The van der Waals surface area contributed by atoms with Crippen molar-refractivity contribution in [2.24, 2.45) is 0 Å². The highest BCUT2D eigenvalue weighted by Gasteiger charge is 2.24. The van der Waals surface area contributed by atoms with Crippen molar-refractivity contribution < 1.29 is 33.3 Å². The Morgan fingerprint density at radius 1 is 0.800 bits per heavy atom. The molecule has 2 amide bonds. The number of hydrogen-bond donors (Lipinski definition) is 2. The first-order chi connectivity index (χ1) is 26.5. The number of anilines is 2. The number of Topliss-reactive ketones (excluding diaryl/α,β-unsaturated/α-hetero) is 1. The smallest absolute Gasteiger partial charge is 0.323 e. The van der Waals surface area contributed by atoms with Crippen LogP contribution in [0.5, 0.6) is 28.7 Å². The zero-order valence-corrected chi connectivity index (χ0v) is 32.5. The summed E-state index contributed by atoms with van der Waals surface area (Å²) in [5.74, 6) is 2.98. The van der Waals surface area contributed by atoms with Gasteiger partial charge in [-0.1, -0.05) is 45.0 Å². The number of fused-ring (bicyclic) bond motifs is 1. The van der Waals surface area contributed by atoms with Crippen LogP contribution in [0.4, 0.5) is 16.2 Å². The molecule has 5 aromatic rings. The highest BCUT2D eigenvalue weighted by Crippen LogP contribution is 2.38. The summed E-state index contributed by atoms with van der Waals surface area (Å²) in [6.45, 7) is 10.2. The number of urea groups is 1. The predicted molar refractivity (Wildman–Crippen MR) is 216 cm³/mol. The quantitative estimate of drug-likeness (QED) is 0.107. The molecule has 0 saturated carbocycles. The van der Waals surface area contributed by atoms with Crippen molar-refractivity contribution in [2.75, 3.05) is 64.8 Å². The maximum absolute atomic E-state index is 13.7. The van der Waals surface area contributed by atoms with Gasteiger partial charge in [-0.15, -0.1) is 0 Å². The van der Waals surface area contributed by atoms with Gasteiger partial charge < -0.3 is 34.3 Å². The van der Waals surface area contributed by atoms with Gasteiger partial charge in [0.25, 0.3) is 0 Å². The molecule has 55 heavy (non-hydrogen) atoms. The Morgan fingerprint density at radius 2 is 1.51 bits per heavy atom. The van der Waals surface area contributed by atoms with Crippen LogP contribution in [0.25, 0.3) is 10.8 Å². The molecule has 1 fully saturated rings. The second kappa shape index (κ2) is 17.7. The second-order valence-corrected chi connectivity index (χ2v) is 14.6. The number of methoxy groups -OCH3 is 3. The average molecular weight is 747 g/mol. The van der Waals surface area contributed by atoms with Gasteiger partial charge in [0.2, 0.25) is 0 Å². The molecule has 1 saturated heterocycles. The van der Waals surface area contributed by atoms with Gasteiger partial charge in [-0.2, -0.15) is 0 Å². The first kappa shape index (κ1) is 39.1. The van der Waals surface area contributed by atoms with E-state index in [1.807, 2.05) is 78.9 Å². The molecule has 0 bridgehead atoms. The lowest BCUT2D eigenvalue weighted by atomic mass is 9.84. The molecular formula is C44H50N4O7. The van der Waals surface area contributed by atoms with Crippen molar-refractivity contribution in [3.8, 4) is 28.7 Å². The normalized spacial score (nSPS) is 13.3. The number of carbonyl (C=O) groups is 2. The topological polar surface area (TPSA) is 120 Å².